The maximum atomic E-state index is 12.5. The number of anilines is 1. The minimum absolute atomic E-state index is 0.0401. The molecule has 1 aromatic rings. The summed E-state index contributed by atoms with van der Waals surface area (Å²) in [5.41, 5.74) is 2.32. The highest BCUT2D eigenvalue weighted by molar-refractivity contribution is 5.82. The molecule has 126 valence electrons. The SMILES string of the molecule is CN(Cc1ccccc1N1CCOCC1)C(=O)C1CC(O)CN1. The van der Waals surface area contributed by atoms with E-state index in [9.17, 15) is 9.90 Å². The predicted octanol–water partition coefficient (Wildman–Crippen LogP) is 0.204. The van der Waals surface area contributed by atoms with Crippen LogP contribution in [0.25, 0.3) is 0 Å². The van der Waals surface area contributed by atoms with Gasteiger partial charge in [0.1, 0.15) is 0 Å². The molecule has 3 rings (SSSR count). The van der Waals surface area contributed by atoms with Gasteiger partial charge in [-0.2, -0.15) is 0 Å². The Morgan fingerprint density at radius 3 is 2.83 bits per heavy atom. The zero-order chi connectivity index (χ0) is 16.2. The van der Waals surface area contributed by atoms with Gasteiger partial charge >= 0.3 is 0 Å². The zero-order valence-corrected chi connectivity index (χ0v) is 13.6. The first-order valence-corrected chi connectivity index (χ1v) is 8.22. The number of nitrogens with one attached hydrogen (secondary N) is 1. The van der Waals surface area contributed by atoms with Crippen LogP contribution >= 0.6 is 0 Å². The van der Waals surface area contributed by atoms with E-state index < -0.39 is 6.10 Å². The Kier molecular flexibility index (Phi) is 5.15. The van der Waals surface area contributed by atoms with Crippen molar-refractivity contribution in [3.8, 4) is 0 Å². The third-order valence-corrected chi connectivity index (χ3v) is 4.53. The van der Waals surface area contributed by atoms with Crippen molar-refractivity contribution in [1.82, 2.24) is 10.2 Å². The maximum absolute atomic E-state index is 12.5. The van der Waals surface area contributed by atoms with E-state index in [2.05, 4.69) is 22.3 Å². The minimum atomic E-state index is -0.419. The van der Waals surface area contributed by atoms with Gasteiger partial charge in [0, 0.05) is 38.9 Å². The molecule has 23 heavy (non-hydrogen) atoms. The van der Waals surface area contributed by atoms with Crippen molar-refractivity contribution in [2.24, 2.45) is 0 Å². The Morgan fingerprint density at radius 2 is 2.13 bits per heavy atom. The Morgan fingerprint density at radius 1 is 1.39 bits per heavy atom. The molecule has 0 aromatic heterocycles. The topological polar surface area (TPSA) is 65.0 Å². The summed E-state index contributed by atoms with van der Waals surface area (Å²) in [4.78, 5) is 16.6. The van der Waals surface area contributed by atoms with Crippen LogP contribution in [-0.2, 0) is 16.1 Å². The number of benzene rings is 1. The fourth-order valence-electron chi connectivity index (χ4n) is 3.26. The normalized spacial score (nSPS) is 24.7. The third-order valence-electron chi connectivity index (χ3n) is 4.53. The molecule has 2 heterocycles. The molecule has 2 fully saturated rings. The number of nitrogens with zero attached hydrogens (tertiary/aromatic N) is 2. The molecule has 1 aromatic carbocycles. The van der Waals surface area contributed by atoms with E-state index in [-0.39, 0.29) is 11.9 Å². The second-order valence-electron chi connectivity index (χ2n) is 6.27. The number of likely N-dealkylation sites (N-methyl/N-ethyl adjacent to an activating group) is 1. The molecule has 2 aliphatic heterocycles. The van der Waals surface area contributed by atoms with Crippen LogP contribution in [0.2, 0.25) is 0 Å². The Hall–Kier alpha value is -1.63. The maximum Gasteiger partial charge on any atom is 0.239 e. The molecule has 0 bridgehead atoms. The highest BCUT2D eigenvalue weighted by Gasteiger charge is 2.30. The van der Waals surface area contributed by atoms with E-state index in [0.29, 0.717) is 19.5 Å². The molecule has 0 aliphatic carbocycles. The Bertz CT molecular complexity index is 546. The number of ether oxygens (including phenoxy) is 1. The van der Waals surface area contributed by atoms with Crippen LogP contribution in [0, 0.1) is 0 Å². The number of hydrogen-bond donors (Lipinski definition) is 2. The second-order valence-corrected chi connectivity index (χ2v) is 6.27. The van der Waals surface area contributed by atoms with Crippen molar-refractivity contribution < 1.29 is 14.6 Å². The summed E-state index contributed by atoms with van der Waals surface area (Å²) in [6, 6.07) is 7.95. The number of aliphatic hydroxyl groups is 1. The Balaban J connectivity index is 1.68. The van der Waals surface area contributed by atoms with Crippen LogP contribution in [0.3, 0.4) is 0 Å². The average Bonchev–Trinajstić information content (AvgIpc) is 3.02. The van der Waals surface area contributed by atoms with Crippen LogP contribution in [0.4, 0.5) is 5.69 Å². The summed E-state index contributed by atoms with van der Waals surface area (Å²) in [5.74, 6) is 0.0401. The monoisotopic (exact) mass is 319 g/mol. The highest BCUT2D eigenvalue weighted by Crippen LogP contribution is 2.23. The largest absolute Gasteiger partial charge is 0.392 e. The number of morpholine rings is 1. The lowest BCUT2D eigenvalue weighted by molar-refractivity contribution is -0.132. The van der Waals surface area contributed by atoms with E-state index in [1.807, 2.05) is 19.2 Å². The number of carbonyl (C=O) groups excluding carboxylic acids is 1. The van der Waals surface area contributed by atoms with Crippen molar-refractivity contribution in [2.45, 2.75) is 25.1 Å². The Labute approximate surface area is 137 Å². The van der Waals surface area contributed by atoms with Crippen LogP contribution in [0.5, 0.6) is 0 Å². The molecule has 2 aliphatic rings. The van der Waals surface area contributed by atoms with Gasteiger partial charge in [-0.1, -0.05) is 18.2 Å². The van der Waals surface area contributed by atoms with Gasteiger partial charge in [0.2, 0.25) is 5.91 Å². The summed E-state index contributed by atoms with van der Waals surface area (Å²) in [6.07, 6.45) is 0.0758. The molecular weight excluding hydrogens is 294 g/mol. The van der Waals surface area contributed by atoms with Gasteiger partial charge in [-0.15, -0.1) is 0 Å². The number of aliphatic hydroxyl groups excluding tert-OH is 1. The van der Waals surface area contributed by atoms with Crippen LogP contribution < -0.4 is 10.2 Å². The minimum Gasteiger partial charge on any atom is -0.392 e. The number of carbonyl (C=O) groups is 1. The standard InChI is InChI=1S/C17H25N3O3/c1-19(17(22)15-10-14(21)11-18-15)12-13-4-2-3-5-16(13)20-6-8-23-9-7-20/h2-5,14-15,18,21H,6-12H2,1H3. The molecule has 2 saturated heterocycles. The van der Waals surface area contributed by atoms with E-state index in [1.54, 1.807) is 4.90 Å². The van der Waals surface area contributed by atoms with Crippen molar-refractivity contribution in [1.29, 1.82) is 0 Å². The van der Waals surface area contributed by atoms with Gasteiger partial charge in [0.05, 0.1) is 25.4 Å². The number of para-hydroxylation sites is 1. The molecular formula is C17H25N3O3. The lowest BCUT2D eigenvalue weighted by Gasteiger charge is -2.31. The van der Waals surface area contributed by atoms with Crippen LogP contribution in [0.1, 0.15) is 12.0 Å². The summed E-state index contributed by atoms with van der Waals surface area (Å²) >= 11 is 0. The van der Waals surface area contributed by atoms with E-state index in [4.69, 9.17) is 4.74 Å². The summed E-state index contributed by atoms with van der Waals surface area (Å²) in [5, 5.41) is 12.7. The van der Waals surface area contributed by atoms with Crippen molar-refractivity contribution in [3.63, 3.8) is 0 Å². The number of hydrogen-bond acceptors (Lipinski definition) is 5. The van der Waals surface area contributed by atoms with Crippen molar-refractivity contribution >= 4 is 11.6 Å². The first-order valence-electron chi connectivity index (χ1n) is 8.22. The fraction of sp³-hybridized carbons (Fsp3) is 0.588. The molecule has 1 amide bonds. The quantitative estimate of drug-likeness (QED) is 0.830. The fourth-order valence-corrected chi connectivity index (χ4v) is 3.26. The molecule has 6 heteroatoms. The van der Waals surface area contributed by atoms with E-state index in [0.717, 1.165) is 31.9 Å². The first-order chi connectivity index (χ1) is 11.1. The zero-order valence-electron chi connectivity index (χ0n) is 13.6. The average molecular weight is 319 g/mol. The second kappa shape index (κ2) is 7.29. The van der Waals surface area contributed by atoms with Crippen molar-refractivity contribution in [3.05, 3.63) is 29.8 Å². The van der Waals surface area contributed by atoms with Crippen molar-refractivity contribution in [2.75, 3.05) is 44.8 Å². The van der Waals surface area contributed by atoms with Crippen LogP contribution in [-0.4, -0.2) is 68.0 Å². The molecule has 0 spiro atoms. The number of β-amino-alcohol motifs (C(OH)–C–C–N with tert-alkyl or cyclic N) is 1. The molecule has 0 saturated carbocycles. The lowest BCUT2D eigenvalue weighted by atomic mass is 10.1. The number of amides is 1. The smallest absolute Gasteiger partial charge is 0.239 e. The predicted molar refractivity (Wildman–Crippen MR) is 88.4 cm³/mol. The van der Waals surface area contributed by atoms with Gasteiger partial charge in [-0.05, 0) is 18.1 Å². The lowest BCUT2D eigenvalue weighted by Crippen LogP contribution is -2.42. The van der Waals surface area contributed by atoms with Gasteiger partial charge in [-0.3, -0.25) is 4.79 Å². The van der Waals surface area contributed by atoms with Gasteiger partial charge in [0.15, 0.2) is 0 Å². The molecule has 2 N–H and O–H groups in total. The van der Waals surface area contributed by atoms with E-state index >= 15 is 0 Å². The molecule has 6 nitrogen and oxygen atoms in total. The summed E-state index contributed by atoms with van der Waals surface area (Å²) in [7, 11) is 1.82. The van der Waals surface area contributed by atoms with E-state index in [1.165, 1.54) is 5.69 Å². The first kappa shape index (κ1) is 16.2. The van der Waals surface area contributed by atoms with Gasteiger partial charge < -0.3 is 25.0 Å². The third kappa shape index (κ3) is 3.83. The van der Waals surface area contributed by atoms with Gasteiger partial charge in [0.25, 0.3) is 0 Å². The summed E-state index contributed by atoms with van der Waals surface area (Å²) < 4.78 is 5.42. The molecule has 2 atom stereocenters. The number of rotatable bonds is 4. The summed E-state index contributed by atoms with van der Waals surface area (Å²) in [6.45, 7) is 4.31. The van der Waals surface area contributed by atoms with Gasteiger partial charge in [-0.25, -0.2) is 0 Å². The molecule has 2 unspecified atom stereocenters. The van der Waals surface area contributed by atoms with Crippen LogP contribution in [0.15, 0.2) is 24.3 Å². The molecule has 0 radical (unpaired) electrons. The highest BCUT2D eigenvalue weighted by atomic mass is 16.5.